The largest absolute Gasteiger partial charge is 0.507 e. The summed E-state index contributed by atoms with van der Waals surface area (Å²) in [6.45, 7) is 5.67. The molecule has 1 amide bonds. The first-order valence-electron chi connectivity index (χ1n) is 11.0. The van der Waals surface area contributed by atoms with Gasteiger partial charge in [0, 0.05) is 23.1 Å². The molecule has 1 atom stereocenters. The summed E-state index contributed by atoms with van der Waals surface area (Å²) in [6, 6.07) is 9.79. The highest BCUT2D eigenvalue weighted by atomic mass is 32.1. The van der Waals surface area contributed by atoms with E-state index in [1.807, 2.05) is 38.3 Å². The van der Waals surface area contributed by atoms with Crippen molar-refractivity contribution in [1.82, 2.24) is 0 Å². The molecule has 1 saturated heterocycles. The van der Waals surface area contributed by atoms with E-state index in [1.165, 1.54) is 37.6 Å². The van der Waals surface area contributed by atoms with Crippen molar-refractivity contribution in [3.8, 4) is 17.2 Å². The Bertz CT molecular complexity index is 1330. The van der Waals surface area contributed by atoms with Gasteiger partial charge in [-0.15, -0.1) is 11.3 Å². The van der Waals surface area contributed by atoms with Crippen LogP contribution in [0.4, 0.5) is 5.69 Å². The van der Waals surface area contributed by atoms with E-state index in [9.17, 15) is 14.7 Å². The Hall–Kier alpha value is -3.78. The predicted octanol–water partition coefficient (Wildman–Crippen LogP) is 5.33. The van der Waals surface area contributed by atoms with E-state index in [2.05, 4.69) is 0 Å². The van der Waals surface area contributed by atoms with Crippen molar-refractivity contribution in [3.05, 3.63) is 74.5 Å². The first kappa shape index (κ1) is 24.3. The van der Waals surface area contributed by atoms with Crippen LogP contribution in [-0.4, -0.2) is 38.1 Å². The summed E-state index contributed by atoms with van der Waals surface area (Å²) in [5.74, 6) is -0.407. The Morgan fingerprint density at radius 2 is 1.57 bits per heavy atom. The van der Waals surface area contributed by atoms with Crippen molar-refractivity contribution >= 4 is 34.5 Å². The fourth-order valence-corrected chi connectivity index (χ4v) is 5.51. The number of methoxy groups -OCH3 is 3. The normalized spacial score (nSPS) is 17.1. The number of carbonyl (C=O) groups excluding carboxylic acids is 2. The average molecular weight is 494 g/mol. The molecule has 8 heteroatoms. The topological polar surface area (TPSA) is 85.3 Å². The molecule has 2 aromatic carbocycles. The van der Waals surface area contributed by atoms with Gasteiger partial charge in [0.2, 0.25) is 0 Å². The molecule has 1 N–H and O–H groups in total. The van der Waals surface area contributed by atoms with Crippen LogP contribution in [0, 0.1) is 20.8 Å². The molecule has 0 bridgehead atoms. The van der Waals surface area contributed by atoms with Crippen LogP contribution in [0.1, 0.15) is 33.2 Å². The minimum Gasteiger partial charge on any atom is -0.507 e. The molecule has 2 heterocycles. The second-order valence-electron chi connectivity index (χ2n) is 8.37. The summed E-state index contributed by atoms with van der Waals surface area (Å²) in [4.78, 5) is 29.1. The van der Waals surface area contributed by atoms with Gasteiger partial charge >= 0.3 is 0 Å². The van der Waals surface area contributed by atoms with Gasteiger partial charge in [0.25, 0.3) is 11.7 Å². The van der Waals surface area contributed by atoms with Crippen LogP contribution in [-0.2, 0) is 9.59 Å². The first-order valence-corrected chi connectivity index (χ1v) is 11.8. The minimum atomic E-state index is -0.836. The third-order valence-electron chi connectivity index (χ3n) is 6.09. The summed E-state index contributed by atoms with van der Waals surface area (Å²) in [6.07, 6.45) is 0. The molecule has 0 aliphatic carbocycles. The number of nitrogens with zero attached hydrogens (tertiary/aromatic N) is 1. The first-order chi connectivity index (χ1) is 16.7. The Morgan fingerprint density at radius 3 is 2.11 bits per heavy atom. The molecule has 7 nitrogen and oxygen atoms in total. The van der Waals surface area contributed by atoms with Crippen LogP contribution in [0.15, 0.2) is 47.4 Å². The van der Waals surface area contributed by atoms with E-state index in [-0.39, 0.29) is 11.3 Å². The minimum absolute atomic E-state index is 0.00522. The van der Waals surface area contributed by atoms with Crippen LogP contribution in [0.2, 0.25) is 0 Å². The Labute approximate surface area is 208 Å². The SMILES string of the molecule is COc1cc(OC)cc(N2C(=O)C(=O)/C(=C(/O)c3cc(C)cc(C)c3OC)C2c2sccc2C)c1. The maximum atomic E-state index is 13.5. The van der Waals surface area contributed by atoms with Crippen molar-refractivity contribution in [2.45, 2.75) is 26.8 Å². The van der Waals surface area contributed by atoms with Crippen LogP contribution < -0.4 is 19.1 Å². The molecular formula is C27H27NO6S. The van der Waals surface area contributed by atoms with Gasteiger partial charge in [-0.2, -0.15) is 0 Å². The zero-order valence-electron chi connectivity index (χ0n) is 20.5. The molecule has 1 unspecified atom stereocenters. The summed E-state index contributed by atoms with van der Waals surface area (Å²) < 4.78 is 16.3. The number of hydrogen-bond donors (Lipinski definition) is 1. The number of aryl methyl sites for hydroxylation is 3. The number of Topliss-reactive ketones (excluding diaryl/α,β-unsaturated/α-hetero) is 1. The van der Waals surface area contributed by atoms with E-state index >= 15 is 0 Å². The second-order valence-corrected chi connectivity index (χ2v) is 9.32. The van der Waals surface area contributed by atoms with Gasteiger partial charge in [0.1, 0.15) is 29.0 Å². The number of thiophene rings is 1. The number of amides is 1. The molecule has 35 heavy (non-hydrogen) atoms. The Morgan fingerprint density at radius 1 is 0.914 bits per heavy atom. The monoisotopic (exact) mass is 493 g/mol. The van der Waals surface area contributed by atoms with Gasteiger partial charge in [-0.3, -0.25) is 14.5 Å². The molecule has 3 aromatic rings. The molecule has 0 radical (unpaired) electrons. The second kappa shape index (κ2) is 9.46. The fourth-order valence-electron chi connectivity index (χ4n) is 4.49. The van der Waals surface area contributed by atoms with Gasteiger partial charge in [0.05, 0.1) is 38.2 Å². The van der Waals surface area contributed by atoms with E-state index in [1.54, 1.807) is 24.3 Å². The lowest BCUT2D eigenvalue weighted by atomic mass is 9.95. The summed E-state index contributed by atoms with van der Waals surface area (Å²) in [7, 11) is 4.54. The summed E-state index contributed by atoms with van der Waals surface area (Å²) >= 11 is 1.42. The number of benzene rings is 2. The number of ketones is 1. The quantitative estimate of drug-likeness (QED) is 0.284. The van der Waals surface area contributed by atoms with E-state index in [0.29, 0.717) is 28.5 Å². The maximum absolute atomic E-state index is 13.5. The molecule has 182 valence electrons. The number of rotatable bonds is 6. The van der Waals surface area contributed by atoms with Crippen molar-refractivity contribution in [2.24, 2.45) is 0 Å². The third-order valence-corrected chi connectivity index (χ3v) is 7.16. The Kier molecular flexibility index (Phi) is 6.58. The highest BCUT2D eigenvalue weighted by molar-refractivity contribution is 7.10. The van der Waals surface area contributed by atoms with Crippen LogP contribution >= 0.6 is 11.3 Å². The fraction of sp³-hybridized carbons (Fsp3) is 0.259. The van der Waals surface area contributed by atoms with E-state index < -0.39 is 17.7 Å². The van der Waals surface area contributed by atoms with Crippen LogP contribution in [0.5, 0.6) is 17.2 Å². The molecular weight excluding hydrogens is 466 g/mol. The number of ether oxygens (including phenoxy) is 3. The number of hydrogen-bond acceptors (Lipinski definition) is 7. The molecule has 4 rings (SSSR count). The molecule has 1 fully saturated rings. The molecule has 0 spiro atoms. The highest BCUT2D eigenvalue weighted by Gasteiger charge is 2.48. The van der Waals surface area contributed by atoms with Gasteiger partial charge in [-0.05, 0) is 55.0 Å². The number of aliphatic hydroxyl groups excluding tert-OH is 1. The molecule has 1 aromatic heterocycles. The number of carbonyl (C=O) groups is 2. The van der Waals surface area contributed by atoms with Gasteiger partial charge < -0.3 is 19.3 Å². The maximum Gasteiger partial charge on any atom is 0.300 e. The molecule has 1 aliphatic rings. The molecule has 0 saturated carbocycles. The van der Waals surface area contributed by atoms with Gasteiger partial charge in [-0.1, -0.05) is 6.07 Å². The van der Waals surface area contributed by atoms with Crippen molar-refractivity contribution in [3.63, 3.8) is 0 Å². The smallest absolute Gasteiger partial charge is 0.300 e. The molecule has 1 aliphatic heterocycles. The summed E-state index contributed by atoms with van der Waals surface area (Å²) in [5.41, 5.74) is 3.40. The zero-order valence-corrected chi connectivity index (χ0v) is 21.3. The predicted molar refractivity (Wildman–Crippen MR) is 136 cm³/mol. The lowest BCUT2D eigenvalue weighted by Crippen LogP contribution is -2.29. The van der Waals surface area contributed by atoms with Crippen molar-refractivity contribution < 1.29 is 28.9 Å². The van der Waals surface area contributed by atoms with Gasteiger partial charge in [-0.25, -0.2) is 0 Å². The highest BCUT2D eigenvalue weighted by Crippen LogP contribution is 2.47. The zero-order chi connectivity index (χ0) is 25.4. The Balaban J connectivity index is 2.02. The lowest BCUT2D eigenvalue weighted by Gasteiger charge is -2.26. The van der Waals surface area contributed by atoms with Crippen LogP contribution in [0.25, 0.3) is 5.76 Å². The third kappa shape index (κ3) is 4.14. The lowest BCUT2D eigenvalue weighted by molar-refractivity contribution is -0.132. The van der Waals surface area contributed by atoms with E-state index in [4.69, 9.17) is 14.2 Å². The number of aliphatic hydroxyl groups is 1. The van der Waals surface area contributed by atoms with Crippen LogP contribution in [0.3, 0.4) is 0 Å². The van der Waals surface area contributed by atoms with Crippen molar-refractivity contribution in [2.75, 3.05) is 26.2 Å². The van der Waals surface area contributed by atoms with E-state index in [0.717, 1.165) is 21.6 Å². The summed E-state index contributed by atoms with van der Waals surface area (Å²) in [5, 5.41) is 13.4. The standard InChI is InChI=1S/C27H27NO6S/c1-14-9-16(3)25(34-6)20(10-14)23(29)21-22(26-15(2)7-8-35-26)28(27(31)24(21)30)17-11-18(32-4)13-19(12-17)33-5/h7-13,22,29H,1-6H3/b23-21+. The number of anilines is 1. The van der Waals surface area contributed by atoms with Gasteiger partial charge in [0.15, 0.2) is 0 Å². The average Bonchev–Trinajstić information content (AvgIpc) is 3.37. The van der Waals surface area contributed by atoms with Crippen molar-refractivity contribution in [1.29, 1.82) is 0 Å².